The normalized spacial score (nSPS) is 14.5. The number of esters is 1. The molecule has 3 aromatic carbocycles. The number of benzene rings is 3. The summed E-state index contributed by atoms with van der Waals surface area (Å²) in [7, 11) is 0. The van der Waals surface area contributed by atoms with Gasteiger partial charge in [0.1, 0.15) is 12.4 Å². The number of halogens is 3. The first-order valence-corrected chi connectivity index (χ1v) is 11.3. The predicted molar refractivity (Wildman–Crippen MR) is 129 cm³/mol. The van der Waals surface area contributed by atoms with Crippen molar-refractivity contribution >= 4 is 61.4 Å². The maximum absolute atomic E-state index is 12.3. The van der Waals surface area contributed by atoms with Crippen molar-refractivity contribution in [1.29, 1.82) is 0 Å². The summed E-state index contributed by atoms with van der Waals surface area (Å²) in [6, 6.07) is 18.9. The van der Waals surface area contributed by atoms with Gasteiger partial charge in [-0.15, -0.1) is 0 Å². The minimum absolute atomic E-state index is 0.193. The van der Waals surface area contributed by atoms with Gasteiger partial charge in [-0.05, 0) is 85.8 Å². The van der Waals surface area contributed by atoms with Crippen LogP contribution in [0.3, 0.4) is 0 Å². The van der Waals surface area contributed by atoms with Gasteiger partial charge in [0.25, 0.3) is 0 Å². The third kappa shape index (κ3) is 4.92. The van der Waals surface area contributed by atoms with E-state index in [0.29, 0.717) is 22.9 Å². The molecular weight excluding hydrogens is 546 g/mol. The SMILES string of the molecule is Cc1ccccc1COc1c(Br)cc(/C=C2\N=C(c3ccccc3Cl)OC2=O)cc1Br. The highest BCUT2D eigenvalue weighted by Crippen LogP contribution is 2.36. The molecule has 7 heteroatoms. The van der Waals surface area contributed by atoms with Crippen molar-refractivity contribution in [2.45, 2.75) is 13.5 Å². The molecule has 0 saturated heterocycles. The van der Waals surface area contributed by atoms with Crippen molar-refractivity contribution in [3.05, 3.63) is 103 Å². The van der Waals surface area contributed by atoms with Gasteiger partial charge in [0, 0.05) is 0 Å². The first-order chi connectivity index (χ1) is 14.9. The summed E-state index contributed by atoms with van der Waals surface area (Å²) in [6.45, 7) is 2.50. The number of aliphatic imine (C=N–C) groups is 1. The Balaban J connectivity index is 1.58. The lowest BCUT2D eigenvalue weighted by atomic mass is 10.1. The van der Waals surface area contributed by atoms with Crippen LogP contribution >= 0.6 is 43.5 Å². The minimum atomic E-state index is -0.526. The number of aryl methyl sites for hydroxylation is 1. The molecule has 156 valence electrons. The molecule has 0 saturated carbocycles. The van der Waals surface area contributed by atoms with Crippen LogP contribution in [0, 0.1) is 6.92 Å². The molecule has 1 heterocycles. The monoisotopic (exact) mass is 559 g/mol. The van der Waals surface area contributed by atoms with Crippen LogP contribution in [0.15, 0.2) is 80.3 Å². The Morgan fingerprint density at radius 1 is 1.06 bits per heavy atom. The van der Waals surface area contributed by atoms with E-state index in [9.17, 15) is 4.79 Å². The number of carbonyl (C=O) groups excluding carboxylic acids is 1. The fourth-order valence-corrected chi connectivity index (χ4v) is 4.71. The van der Waals surface area contributed by atoms with E-state index in [1.807, 2.05) is 36.4 Å². The molecule has 0 atom stereocenters. The molecule has 0 bridgehead atoms. The van der Waals surface area contributed by atoms with Crippen LogP contribution in [0.4, 0.5) is 0 Å². The summed E-state index contributed by atoms with van der Waals surface area (Å²) in [5.74, 6) is 0.347. The quantitative estimate of drug-likeness (QED) is 0.247. The Labute approximate surface area is 201 Å². The molecule has 0 amide bonds. The van der Waals surface area contributed by atoms with E-state index in [4.69, 9.17) is 21.1 Å². The van der Waals surface area contributed by atoms with E-state index in [2.05, 4.69) is 49.8 Å². The molecule has 0 aliphatic carbocycles. The van der Waals surface area contributed by atoms with Gasteiger partial charge in [-0.25, -0.2) is 9.79 Å². The third-order valence-corrected chi connectivity index (χ3v) is 6.19. The number of nitrogens with zero attached hydrogens (tertiary/aromatic N) is 1. The second-order valence-electron chi connectivity index (χ2n) is 6.84. The number of hydrogen-bond donors (Lipinski definition) is 0. The van der Waals surface area contributed by atoms with Gasteiger partial charge in [0.15, 0.2) is 5.70 Å². The summed E-state index contributed by atoms with van der Waals surface area (Å²) < 4.78 is 12.8. The summed E-state index contributed by atoms with van der Waals surface area (Å²) in [4.78, 5) is 16.6. The van der Waals surface area contributed by atoms with Gasteiger partial charge >= 0.3 is 5.97 Å². The number of carbonyl (C=O) groups is 1. The molecule has 0 fully saturated rings. The zero-order valence-electron chi connectivity index (χ0n) is 16.4. The topological polar surface area (TPSA) is 47.9 Å². The molecule has 1 aliphatic heterocycles. The van der Waals surface area contributed by atoms with Crippen molar-refractivity contribution in [3.8, 4) is 5.75 Å². The molecule has 4 nitrogen and oxygen atoms in total. The van der Waals surface area contributed by atoms with E-state index in [-0.39, 0.29) is 11.6 Å². The highest BCUT2D eigenvalue weighted by atomic mass is 79.9. The Hall–Kier alpha value is -2.41. The van der Waals surface area contributed by atoms with Crippen molar-refractivity contribution in [3.63, 3.8) is 0 Å². The molecule has 0 N–H and O–H groups in total. The second-order valence-corrected chi connectivity index (χ2v) is 8.96. The van der Waals surface area contributed by atoms with Gasteiger partial charge < -0.3 is 9.47 Å². The maximum atomic E-state index is 12.3. The van der Waals surface area contributed by atoms with E-state index < -0.39 is 5.97 Å². The van der Waals surface area contributed by atoms with Crippen LogP contribution in [-0.4, -0.2) is 11.9 Å². The molecule has 31 heavy (non-hydrogen) atoms. The van der Waals surface area contributed by atoms with E-state index in [0.717, 1.165) is 20.1 Å². The predicted octanol–water partition coefficient (Wildman–Crippen LogP) is 7.10. The number of hydrogen-bond acceptors (Lipinski definition) is 4. The summed E-state index contributed by atoms with van der Waals surface area (Å²) >= 11 is 13.3. The van der Waals surface area contributed by atoms with Crippen LogP contribution in [-0.2, 0) is 16.1 Å². The molecule has 3 aromatic rings. The molecule has 4 rings (SSSR count). The van der Waals surface area contributed by atoms with E-state index in [1.165, 1.54) is 5.56 Å². The van der Waals surface area contributed by atoms with Crippen LogP contribution in [0.5, 0.6) is 5.75 Å². The fourth-order valence-electron chi connectivity index (χ4n) is 3.04. The Bertz CT molecular complexity index is 1210. The first kappa shape index (κ1) is 21.8. The highest BCUT2D eigenvalue weighted by molar-refractivity contribution is 9.11. The summed E-state index contributed by atoms with van der Waals surface area (Å²) in [5, 5.41) is 0.468. The van der Waals surface area contributed by atoms with Gasteiger partial charge in [-0.3, -0.25) is 0 Å². The molecule has 0 radical (unpaired) electrons. The zero-order chi connectivity index (χ0) is 22.0. The van der Waals surface area contributed by atoms with Gasteiger partial charge in [0.05, 0.1) is 19.5 Å². The molecule has 0 aromatic heterocycles. The summed E-state index contributed by atoms with van der Waals surface area (Å²) in [5.41, 5.74) is 3.81. The third-order valence-electron chi connectivity index (χ3n) is 4.68. The van der Waals surface area contributed by atoms with Gasteiger partial charge in [-0.2, -0.15) is 0 Å². The largest absolute Gasteiger partial charge is 0.487 e. The van der Waals surface area contributed by atoms with Crippen LogP contribution in [0.1, 0.15) is 22.3 Å². The van der Waals surface area contributed by atoms with Crippen molar-refractivity contribution < 1.29 is 14.3 Å². The summed E-state index contributed by atoms with van der Waals surface area (Å²) in [6.07, 6.45) is 1.66. The van der Waals surface area contributed by atoms with E-state index >= 15 is 0 Å². The van der Waals surface area contributed by atoms with Gasteiger partial charge in [-0.1, -0.05) is 48.0 Å². The lowest BCUT2D eigenvalue weighted by Gasteiger charge is -2.12. The van der Waals surface area contributed by atoms with Crippen molar-refractivity contribution in [2.75, 3.05) is 0 Å². The smallest absolute Gasteiger partial charge is 0.363 e. The Morgan fingerprint density at radius 2 is 1.74 bits per heavy atom. The van der Waals surface area contributed by atoms with Crippen LogP contribution < -0.4 is 4.74 Å². The van der Waals surface area contributed by atoms with E-state index in [1.54, 1.807) is 24.3 Å². The Morgan fingerprint density at radius 3 is 2.45 bits per heavy atom. The lowest BCUT2D eigenvalue weighted by Crippen LogP contribution is -2.05. The fraction of sp³-hybridized carbons (Fsp3) is 0.0833. The number of rotatable bonds is 5. The standard InChI is InChI=1S/C24H16Br2ClNO3/c1-14-6-2-3-7-16(14)13-30-22-18(25)10-15(11-19(22)26)12-21-24(29)31-23(28-21)17-8-4-5-9-20(17)27/h2-12H,13H2,1H3/b21-12-. The lowest BCUT2D eigenvalue weighted by molar-refractivity contribution is -0.129. The van der Waals surface area contributed by atoms with Crippen LogP contribution in [0.25, 0.3) is 6.08 Å². The second kappa shape index (κ2) is 9.39. The van der Waals surface area contributed by atoms with Crippen LogP contribution in [0.2, 0.25) is 5.02 Å². The molecule has 0 unspecified atom stereocenters. The van der Waals surface area contributed by atoms with Gasteiger partial charge in [0.2, 0.25) is 5.90 Å². The van der Waals surface area contributed by atoms with Crippen molar-refractivity contribution in [2.24, 2.45) is 4.99 Å². The minimum Gasteiger partial charge on any atom is -0.487 e. The average molecular weight is 562 g/mol. The molecular formula is C24H16Br2ClNO3. The maximum Gasteiger partial charge on any atom is 0.363 e. The highest BCUT2D eigenvalue weighted by Gasteiger charge is 2.25. The number of cyclic esters (lactones) is 1. The average Bonchev–Trinajstić information content (AvgIpc) is 3.09. The number of ether oxygens (including phenoxy) is 2. The first-order valence-electron chi connectivity index (χ1n) is 9.36. The zero-order valence-corrected chi connectivity index (χ0v) is 20.3. The Kier molecular flexibility index (Phi) is 6.60. The van der Waals surface area contributed by atoms with Crippen molar-refractivity contribution in [1.82, 2.24) is 0 Å². The molecule has 1 aliphatic rings. The molecule has 0 spiro atoms.